The Morgan fingerprint density at radius 2 is 1.35 bits per heavy atom. The van der Waals surface area contributed by atoms with Gasteiger partial charge in [-0.1, -0.05) is 48.0 Å². The van der Waals surface area contributed by atoms with Crippen molar-refractivity contribution in [3.63, 3.8) is 0 Å². The van der Waals surface area contributed by atoms with E-state index >= 15 is 0 Å². The van der Waals surface area contributed by atoms with Crippen LogP contribution in [0.25, 0.3) is 0 Å². The summed E-state index contributed by atoms with van der Waals surface area (Å²) in [6, 6.07) is 15.5. The van der Waals surface area contributed by atoms with Crippen LogP contribution in [0.1, 0.15) is 35.7 Å². The van der Waals surface area contributed by atoms with Gasteiger partial charge in [-0.15, -0.1) is 0 Å². The molecule has 6 nitrogen and oxygen atoms in total. The van der Waals surface area contributed by atoms with Gasteiger partial charge in [-0.05, 0) is 37.6 Å². The predicted octanol–water partition coefficient (Wildman–Crippen LogP) is 4.47. The minimum Gasteiger partial charge on any atom is -0.463 e. The first kappa shape index (κ1) is 22.3. The zero-order valence-corrected chi connectivity index (χ0v) is 18.0. The summed E-state index contributed by atoms with van der Waals surface area (Å²) >= 11 is 6.41. The number of esters is 2. The monoisotopic (exact) mass is 439 g/mol. The van der Waals surface area contributed by atoms with E-state index in [1.165, 1.54) is 17.3 Å². The smallest absolute Gasteiger partial charge is 0.336 e. The fourth-order valence-electron chi connectivity index (χ4n) is 3.31. The van der Waals surface area contributed by atoms with Gasteiger partial charge in [0.15, 0.2) is 0 Å². The molecule has 0 unspecified atom stereocenters. The number of amides is 1. The van der Waals surface area contributed by atoms with E-state index in [0.717, 1.165) is 0 Å². The molecule has 1 amide bonds. The van der Waals surface area contributed by atoms with Crippen LogP contribution in [0.4, 0.5) is 0 Å². The molecule has 3 rings (SSSR count). The van der Waals surface area contributed by atoms with E-state index in [9.17, 15) is 14.4 Å². The third kappa shape index (κ3) is 4.86. The van der Waals surface area contributed by atoms with Gasteiger partial charge in [-0.3, -0.25) is 9.69 Å². The molecule has 2 aromatic carbocycles. The van der Waals surface area contributed by atoms with Crippen LogP contribution in [0.15, 0.2) is 78.1 Å². The highest BCUT2D eigenvalue weighted by atomic mass is 35.5. The molecule has 0 N–H and O–H groups in total. The molecule has 0 radical (unpaired) electrons. The summed E-state index contributed by atoms with van der Waals surface area (Å²) in [7, 11) is 0. The van der Waals surface area contributed by atoms with Crippen molar-refractivity contribution >= 4 is 29.4 Å². The van der Waals surface area contributed by atoms with Gasteiger partial charge in [0, 0.05) is 23.0 Å². The van der Waals surface area contributed by atoms with Crippen molar-refractivity contribution in [3.8, 4) is 0 Å². The van der Waals surface area contributed by atoms with Gasteiger partial charge in [0.2, 0.25) is 0 Å². The minimum absolute atomic E-state index is 0.116. The Hall–Kier alpha value is -3.38. The molecular weight excluding hydrogens is 418 g/mol. The number of rotatable bonds is 6. The largest absolute Gasteiger partial charge is 0.463 e. The minimum atomic E-state index is -0.841. The molecule has 0 aromatic heterocycles. The summed E-state index contributed by atoms with van der Waals surface area (Å²) in [5.41, 5.74) is 1.17. The maximum atomic E-state index is 13.1. The molecule has 7 heteroatoms. The fraction of sp³-hybridized carbons (Fsp3) is 0.208. The van der Waals surface area contributed by atoms with Crippen molar-refractivity contribution in [1.29, 1.82) is 0 Å². The molecule has 1 aliphatic rings. The lowest BCUT2D eigenvalue weighted by Crippen LogP contribution is -2.32. The Bertz CT molecular complexity index is 1010. The first-order valence-electron chi connectivity index (χ1n) is 9.87. The van der Waals surface area contributed by atoms with E-state index < -0.39 is 23.8 Å². The molecule has 0 spiro atoms. The highest BCUT2D eigenvalue weighted by Gasteiger charge is 2.37. The third-order valence-corrected chi connectivity index (χ3v) is 5.02. The molecule has 0 aliphatic carbocycles. The maximum absolute atomic E-state index is 13.1. The number of carbonyl (C=O) groups excluding carboxylic acids is 3. The van der Waals surface area contributed by atoms with Crippen LogP contribution in [0, 0.1) is 0 Å². The second-order valence-electron chi connectivity index (χ2n) is 6.64. The number of halogens is 1. The first-order chi connectivity index (χ1) is 15.0. The zero-order chi connectivity index (χ0) is 22.4. The molecule has 160 valence electrons. The Morgan fingerprint density at radius 3 is 1.87 bits per heavy atom. The van der Waals surface area contributed by atoms with Crippen molar-refractivity contribution in [2.24, 2.45) is 0 Å². The van der Waals surface area contributed by atoms with E-state index in [-0.39, 0.29) is 24.4 Å². The molecule has 2 aromatic rings. The van der Waals surface area contributed by atoms with E-state index in [1.54, 1.807) is 68.4 Å². The van der Waals surface area contributed by atoms with Crippen LogP contribution in [0.3, 0.4) is 0 Å². The van der Waals surface area contributed by atoms with Crippen LogP contribution in [0.2, 0.25) is 5.02 Å². The summed E-state index contributed by atoms with van der Waals surface area (Å²) in [5, 5.41) is 0.376. The van der Waals surface area contributed by atoms with Crippen molar-refractivity contribution in [2.45, 2.75) is 19.8 Å². The predicted molar refractivity (Wildman–Crippen MR) is 116 cm³/mol. The summed E-state index contributed by atoms with van der Waals surface area (Å²) in [5.74, 6) is -2.53. The number of hydrogen-bond acceptors (Lipinski definition) is 5. The standard InChI is InChI=1S/C24H22ClNO5/c1-3-30-23(28)18-14-26(22(27)16-10-6-5-7-11-16)15-19(24(29)31-4-2)21(18)17-12-8-9-13-20(17)25/h5-15,21H,3-4H2,1-2H3. The molecule has 0 atom stereocenters. The average molecular weight is 440 g/mol. The Morgan fingerprint density at radius 1 is 0.839 bits per heavy atom. The first-order valence-corrected chi connectivity index (χ1v) is 10.3. The maximum Gasteiger partial charge on any atom is 0.336 e. The highest BCUT2D eigenvalue weighted by molar-refractivity contribution is 6.31. The van der Waals surface area contributed by atoms with Crippen LogP contribution < -0.4 is 0 Å². The van der Waals surface area contributed by atoms with Crippen LogP contribution >= 0.6 is 11.6 Å². The van der Waals surface area contributed by atoms with Crippen molar-refractivity contribution in [2.75, 3.05) is 13.2 Å². The van der Waals surface area contributed by atoms with E-state index in [1.807, 2.05) is 0 Å². The summed E-state index contributed by atoms with van der Waals surface area (Å²) in [6.07, 6.45) is 2.79. The van der Waals surface area contributed by atoms with Gasteiger partial charge < -0.3 is 9.47 Å². The number of hydrogen-bond donors (Lipinski definition) is 0. The quantitative estimate of drug-likeness (QED) is 0.621. The number of benzene rings is 2. The molecule has 1 heterocycles. The van der Waals surface area contributed by atoms with E-state index in [4.69, 9.17) is 21.1 Å². The fourth-order valence-corrected chi connectivity index (χ4v) is 3.56. The van der Waals surface area contributed by atoms with E-state index in [0.29, 0.717) is 16.1 Å². The van der Waals surface area contributed by atoms with Gasteiger partial charge in [-0.2, -0.15) is 0 Å². The second kappa shape index (κ2) is 10.1. The SMILES string of the molecule is CCOC(=O)C1=CN(C(=O)c2ccccc2)C=C(C(=O)OCC)C1c1ccccc1Cl. The van der Waals surface area contributed by atoms with Crippen molar-refractivity contribution in [3.05, 3.63) is 94.3 Å². The molecule has 0 bridgehead atoms. The van der Waals surface area contributed by atoms with Gasteiger partial charge >= 0.3 is 11.9 Å². The second-order valence-corrected chi connectivity index (χ2v) is 7.05. The average Bonchev–Trinajstić information content (AvgIpc) is 2.79. The zero-order valence-electron chi connectivity index (χ0n) is 17.2. The highest BCUT2D eigenvalue weighted by Crippen LogP contribution is 2.40. The lowest BCUT2D eigenvalue weighted by Gasteiger charge is -2.30. The Kier molecular flexibility index (Phi) is 7.26. The molecule has 0 fully saturated rings. The molecule has 0 saturated heterocycles. The normalized spacial score (nSPS) is 13.8. The summed E-state index contributed by atoms with van der Waals surface area (Å²) in [4.78, 5) is 40.0. The van der Waals surface area contributed by atoms with Gasteiger partial charge in [-0.25, -0.2) is 9.59 Å². The molecule has 0 saturated carbocycles. The summed E-state index contributed by atoms with van der Waals surface area (Å²) < 4.78 is 10.5. The Labute approximate surface area is 185 Å². The summed E-state index contributed by atoms with van der Waals surface area (Å²) in [6.45, 7) is 3.63. The van der Waals surface area contributed by atoms with E-state index in [2.05, 4.69) is 0 Å². The number of nitrogens with zero attached hydrogens (tertiary/aromatic N) is 1. The van der Waals surface area contributed by atoms with Crippen molar-refractivity contribution in [1.82, 2.24) is 4.90 Å². The third-order valence-electron chi connectivity index (χ3n) is 4.67. The van der Waals surface area contributed by atoms with Gasteiger partial charge in [0.25, 0.3) is 5.91 Å². The van der Waals surface area contributed by atoms with Gasteiger partial charge in [0.1, 0.15) is 0 Å². The lowest BCUT2D eigenvalue weighted by molar-refractivity contribution is -0.139. The molecular formula is C24H22ClNO5. The van der Waals surface area contributed by atoms with Crippen molar-refractivity contribution < 1.29 is 23.9 Å². The molecule has 1 aliphatic heterocycles. The van der Waals surface area contributed by atoms with Crippen LogP contribution in [0.5, 0.6) is 0 Å². The lowest BCUT2D eigenvalue weighted by atomic mass is 9.83. The molecule has 31 heavy (non-hydrogen) atoms. The van der Waals surface area contributed by atoms with Crippen LogP contribution in [-0.4, -0.2) is 36.0 Å². The van der Waals surface area contributed by atoms with Gasteiger partial charge in [0.05, 0.1) is 30.3 Å². The number of ether oxygens (including phenoxy) is 2. The Balaban J connectivity index is 2.17. The van der Waals surface area contributed by atoms with Crippen LogP contribution in [-0.2, 0) is 19.1 Å². The number of carbonyl (C=O) groups is 3. The topological polar surface area (TPSA) is 72.9 Å².